The highest BCUT2D eigenvalue weighted by molar-refractivity contribution is 5.80. The Labute approximate surface area is 695 Å². The molecule has 0 amide bonds. The van der Waals surface area contributed by atoms with Crippen LogP contribution in [-0.4, -0.2) is 52.5 Å². The molecule has 8 aliphatic rings. The van der Waals surface area contributed by atoms with E-state index in [1.807, 2.05) is 56.3 Å². The van der Waals surface area contributed by atoms with Gasteiger partial charge in [-0.25, -0.2) is 0 Å². The molecule has 115 heavy (non-hydrogen) atoms. The van der Waals surface area contributed by atoms with Crippen LogP contribution in [0.4, 0.5) is 0 Å². The third-order valence-electron chi connectivity index (χ3n) is 26.7. The van der Waals surface area contributed by atoms with Gasteiger partial charge < -0.3 is 50.0 Å². The number of unbranched alkanes of at least 4 members (excludes halogenated alkanes) is 10. The minimum atomic E-state index is -0.201. The summed E-state index contributed by atoms with van der Waals surface area (Å²) in [5.74, 6) is 8.05. The van der Waals surface area contributed by atoms with Crippen molar-refractivity contribution in [2.24, 2.45) is 35.5 Å². The summed E-state index contributed by atoms with van der Waals surface area (Å²) in [6.45, 7) is 47.4. The summed E-state index contributed by atoms with van der Waals surface area (Å²) < 4.78 is 19.1. The molecule has 5 aromatic rings. The fourth-order valence-electron chi connectivity index (χ4n) is 20.2. The predicted molar refractivity (Wildman–Crippen MR) is 481 cm³/mol. The van der Waals surface area contributed by atoms with Gasteiger partial charge in [0, 0.05) is 63.7 Å². The van der Waals surface area contributed by atoms with Crippen LogP contribution in [0.2, 0.25) is 0 Å². The van der Waals surface area contributed by atoms with E-state index in [4.69, 9.17) is 14.2 Å². The second kappa shape index (κ2) is 41.1. The quantitative estimate of drug-likeness (QED) is 0.0233. The molecular formula is C105H150O10. The normalized spacial score (nSPS) is 23.5. The van der Waals surface area contributed by atoms with Crippen molar-refractivity contribution in [2.75, 3.05) is 0 Å². The number of allylic oxidation sites excluding steroid dienone is 11. The van der Waals surface area contributed by atoms with Gasteiger partial charge in [-0.1, -0.05) is 183 Å². The number of rotatable bonds is 24. The Bertz CT molecular complexity index is 4230. The topological polar surface area (TPSA) is 169 Å². The van der Waals surface area contributed by atoms with Crippen molar-refractivity contribution in [1.82, 2.24) is 0 Å². The average Bonchev–Trinajstić information content (AvgIpc) is 0.734. The number of phenolic OH excluding ortho intramolecular Hbond substituents is 7. The zero-order valence-electron chi connectivity index (χ0n) is 74.4. The van der Waals surface area contributed by atoms with E-state index in [9.17, 15) is 35.7 Å². The first kappa shape index (κ1) is 91.2. The lowest BCUT2D eigenvalue weighted by Gasteiger charge is -2.47. The van der Waals surface area contributed by atoms with Crippen molar-refractivity contribution in [2.45, 2.75) is 358 Å². The predicted octanol–water partition coefficient (Wildman–Crippen LogP) is 28.9. The van der Waals surface area contributed by atoms with Crippen molar-refractivity contribution in [3.63, 3.8) is 0 Å². The number of ether oxygens (including phenoxy) is 3. The molecule has 10 unspecified atom stereocenters. The van der Waals surface area contributed by atoms with Gasteiger partial charge in [0.25, 0.3) is 0 Å². The molecule has 0 bridgehead atoms. The SMILES string of the molecule is C=C(C)C1CC=C(C)CC1c1c(O)cc(CCCCC)cc1O.C=C(C)C1CCC(C)=CC1c1c(O)cc(CCCCC)cc1O.CCCCCc1cc(O)c2c(c1)OC(C)(C)C1CC=C(C)CC21.CCCCCc1cc(O)c2c(c1)OC(C)(C)C1CCC(C)=CC21.CCCCCc1cc(O)c2c(c1)OC(C)(C)C1CCC(C)C=C21. The molecule has 10 nitrogen and oxygen atoms in total. The second-order valence-electron chi connectivity index (χ2n) is 37.7. The van der Waals surface area contributed by atoms with Gasteiger partial charge in [0.15, 0.2) is 0 Å². The summed E-state index contributed by atoms with van der Waals surface area (Å²) in [5, 5.41) is 74.2. The number of aryl methyl sites for hydroxylation is 5. The molecule has 0 fully saturated rings. The zero-order valence-corrected chi connectivity index (χ0v) is 74.4. The third kappa shape index (κ3) is 23.2. The van der Waals surface area contributed by atoms with Gasteiger partial charge in [0.05, 0.1) is 5.56 Å². The minimum absolute atomic E-state index is 0.0194. The lowest BCUT2D eigenvalue weighted by Crippen LogP contribution is -2.45. The molecule has 5 aliphatic carbocycles. The zero-order chi connectivity index (χ0) is 83.8. The Hall–Kier alpha value is -7.72. The van der Waals surface area contributed by atoms with Gasteiger partial charge in [-0.05, 0) is 323 Å². The first-order valence-corrected chi connectivity index (χ1v) is 45.1. The van der Waals surface area contributed by atoms with Crippen molar-refractivity contribution >= 4 is 5.57 Å². The molecule has 3 heterocycles. The molecule has 3 aliphatic heterocycles. The average molecular weight is 1570 g/mol. The maximum atomic E-state index is 10.7. The lowest BCUT2D eigenvalue weighted by atomic mass is 9.67. The number of hydrogen-bond donors (Lipinski definition) is 7. The Morgan fingerprint density at radius 1 is 0.383 bits per heavy atom. The van der Waals surface area contributed by atoms with E-state index in [0.29, 0.717) is 58.0 Å². The maximum Gasteiger partial charge on any atom is 0.131 e. The molecule has 5 aromatic carbocycles. The van der Waals surface area contributed by atoms with Crippen LogP contribution in [0.1, 0.15) is 364 Å². The standard InChI is InChI=1S/5C21H30O2/c3*1-5-6-7-8-15-12-18(22)20-16-11-14(2)9-10-17(16)21(3,4)23-19(20)13-15;2*1-5-6-7-8-16-12-19(22)21(20(23)13-16)18-11-15(4)9-10-17(18)14(2)3/h11-13,16-17,22H,5-10H2,1-4H3;11-14,17,22H,5-10H2,1-4H3;9,12-13,16-17,22H,5-8,10-11H2,1-4H3;11-13,17-18,22-23H,2,5-10H2,1,3-4H3;9,12-13,17-18,22-23H,2,5-8,10-11H2,1,3-4H3. The van der Waals surface area contributed by atoms with Crippen molar-refractivity contribution < 1.29 is 50.0 Å². The Morgan fingerprint density at radius 2 is 0.765 bits per heavy atom. The first-order valence-electron chi connectivity index (χ1n) is 45.1. The summed E-state index contributed by atoms with van der Waals surface area (Å²) in [4.78, 5) is 0. The highest BCUT2D eigenvalue weighted by Crippen LogP contribution is 2.58. The molecular weight excluding hydrogens is 1420 g/mol. The molecule has 0 saturated heterocycles. The van der Waals surface area contributed by atoms with E-state index in [-0.39, 0.29) is 69.4 Å². The number of hydrogen-bond acceptors (Lipinski definition) is 10. The van der Waals surface area contributed by atoms with Crippen LogP contribution in [-0.2, 0) is 32.1 Å². The van der Waals surface area contributed by atoms with Gasteiger partial charge in [0.1, 0.15) is 74.3 Å². The van der Waals surface area contributed by atoms with Crippen LogP contribution in [0.25, 0.3) is 5.57 Å². The molecule has 0 aromatic heterocycles. The van der Waals surface area contributed by atoms with Crippen LogP contribution in [0.5, 0.6) is 57.5 Å². The Balaban J connectivity index is 0.000000164. The molecule has 0 spiro atoms. The number of aromatic hydroxyl groups is 7. The van der Waals surface area contributed by atoms with Crippen LogP contribution >= 0.6 is 0 Å². The lowest BCUT2D eigenvalue weighted by molar-refractivity contribution is 0.00748. The summed E-state index contributed by atoms with van der Waals surface area (Å²) in [5.41, 5.74) is 18.4. The second-order valence-corrected chi connectivity index (χ2v) is 37.7. The fraction of sp³-hybridized carbons (Fsp3) is 0.581. The van der Waals surface area contributed by atoms with E-state index in [0.717, 1.165) is 159 Å². The summed E-state index contributed by atoms with van der Waals surface area (Å²) in [6, 6.07) is 19.7. The fourth-order valence-corrected chi connectivity index (χ4v) is 20.2. The monoisotopic (exact) mass is 1570 g/mol. The minimum Gasteiger partial charge on any atom is -0.508 e. The van der Waals surface area contributed by atoms with Crippen molar-refractivity contribution in [3.05, 3.63) is 193 Å². The smallest absolute Gasteiger partial charge is 0.131 e. The van der Waals surface area contributed by atoms with E-state index in [1.54, 1.807) is 0 Å². The van der Waals surface area contributed by atoms with Crippen LogP contribution in [0.15, 0.2) is 138 Å². The van der Waals surface area contributed by atoms with Crippen LogP contribution < -0.4 is 14.2 Å². The molecule has 0 radical (unpaired) electrons. The molecule has 7 N–H and O–H groups in total. The number of fused-ring (bicyclic) bond motifs is 9. The van der Waals surface area contributed by atoms with Gasteiger partial charge in [0.2, 0.25) is 0 Å². The van der Waals surface area contributed by atoms with Crippen molar-refractivity contribution in [1.29, 1.82) is 0 Å². The van der Waals surface area contributed by atoms with Gasteiger partial charge >= 0.3 is 0 Å². The van der Waals surface area contributed by atoms with Gasteiger partial charge in [-0.3, -0.25) is 0 Å². The van der Waals surface area contributed by atoms with E-state index < -0.39 is 0 Å². The van der Waals surface area contributed by atoms with Crippen LogP contribution in [0, 0.1) is 35.5 Å². The number of phenols is 7. The summed E-state index contributed by atoms with van der Waals surface area (Å²) >= 11 is 0. The Morgan fingerprint density at radius 3 is 1.24 bits per heavy atom. The number of benzene rings is 5. The van der Waals surface area contributed by atoms with E-state index in [2.05, 4.69) is 173 Å². The van der Waals surface area contributed by atoms with Crippen LogP contribution in [0.3, 0.4) is 0 Å². The molecule has 13 rings (SSSR count). The first-order chi connectivity index (χ1) is 54.6. The highest BCUT2D eigenvalue weighted by atomic mass is 16.5. The van der Waals surface area contributed by atoms with E-state index >= 15 is 0 Å². The molecule has 10 heteroatoms. The largest absolute Gasteiger partial charge is 0.508 e. The van der Waals surface area contributed by atoms with Gasteiger partial charge in [-0.2, -0.15) is 0 Å². The molecule has 0 saturated carbocycles. The maximum absolute atomic E-state index is 10.7. The Kier molecular flexibility index (Phi) is 32.6. The summed E-state index contributed by atoms with van der Waals surface area (Å²) in [7, 11) is 0. The highest BCUT2D eigenvalue weighted by Gasteiger charge is 2.48. The third-order valence-corrected chi connectivity index (χ3v) is 26.7. The van der Waals surface area contributed by atoms with Gasteiger partial charge in [-0.15, -0.1) is 0 Å². The molecule has 10 atom stereocenters. The van der Waals surface area contributed by atoms with E-state index in [1.165, 1.54) is 134 Å². The van der Waals surface area contributed by atoms with Crippen molar-refractivity contribution in [3.8, 4) is 57.5 Å². The molecule has 630 valence electrons. The summed E-state index contributed by atoms with van der Waals surface area (Å²) in [6.07, 6.45) is 44.6.